The van der Waals surface area contributed by atoms with E-state index in [1.807, 2.05) is 12.1 Å². The van der Waals surface area contributed by atoms with Gasteiger partial charge in [-0.2, -0.15) is 0 Å². The van der Waals surface area contributed by atoms with Crippen LogP contribution < -0.4 is 15.0 Å². The van der Waals surface area contributed by atoms with Crippen LogP contribution in [0, 0.1) is 0 Å². The largest absolute Gasteiger partial charge is 0.493 e. The minimum Gasteiger partial charge on any atom is -0.493 e. The molecule has 1 unspecified atom stereocenters. The predicted octanol–water partition coefficient (Wildman–Crippen LogP) is 1.42. The number of benzene rings is 1. The van der Waals surface area contributed by atoms with Crippen LogP contribution in [0.1, 0.15) is 29.7 Å². The Hall–Kier alpha value is -2.87. The molecule has 8 nitrogen and oxygen atoms in total. The van der Waals surface area contributed by atoms with Crippen LogP contribution in [-0.4, -0.2) is 57.3 Å². The van der Waals surface area contributed by atoms with E-state index < -0.39 is 0 Å². The SMILES string of the molecule is CN1CCCC1COc1nn2c(Cc3cccc4c3OCC4)cnc2c(=O)[nH]1. The van der Waals surface area contributed by atoms with Gasteiger partial charge in [0.2, 0.25) is 5.65 Å². The van der Waals surface area contributed by atoms with Gasteiger partial charge < -0.3 is 14.4 Å². The summed E-state index contributed by atoms with van der Waals surface area (Å²) < 4.78 is 13.2. The number of hydrogen-bond acceptors (Lipinski definition) is 6. The van der Waals surface area contributed by atoms with Crippen LogP contribution in [0.4, 0.5) is 0 Å². The molecule has 2 aliphatic rings. The third-order valence-corrected chi connectivity index (χ3v) is 5.67. The van der Waals surface area contributed by atoms with Gasteiger partial charge in [-0.25, -0.2) is 9.50 Å². The van der Waals surface area contributed by atoms with E-state index in [-0.39, 0.29) is 17.2 Å². The van der Waals surface area contributed by atoms with Crippen LogP contribution in [0.2, 0.25) is 0 Å². The van der Waals surface area contributed by atoms with Gasteiger partial charge in [0.15, 0.2) is 0 Å². The van der Waals surface area contributed by atoms with Crippen molar-refractivity contribution in [2.45, 2.75) is 31.7 Å². The van der Waals surface area contributed by atoms with E-state index in [2.05, 4.69) is 33.1 Å². The number of ether oxygens (including phenoxy) is 2. The number of likely N-dealkylation sites (tertiary alicyclic amines) is 1. The van der Waals surface area contributed by atoms with Crippen molar-refractivity contribution in [3.63, 3.8) is 0 Å². The second-order valence-electron chi connectivity index (χ2n) is 7.51. The molecule has 1 fully saturated rings. The first kappa shape index (κ1) is 17.2. The summed E-state index contributed by atoms with van der Waals surface area (Å²) in [5.74, 6) is 0.947. The summed E-state index contributed by atoms with van der Waals surface area (Å²) in [5.41, 5.74) is 3.10. The molecule has 2 aromatic heterocycles. The highest BCUT2D eigenvalue weighted by Gasteiger charge is 2.22. The summed E-state index contributed by atoms with van der Waals surface area (Å²) in [7, 11) is 2.09. The summed E-state index contributed by atoms with van der Waals surface area (Å²) in [6.45, 7) is 2.30. The molecule has 4 heterocycles. The van der Waals surface area contributed by atoms with Crippen molar-refractivity contribution in [1.82, 2.24) is 24.5 Å². The Labute approximate surface area is 162 Å². The number of hydrogen-bond donors (Lipinski definition) is 1. The van der Waals surface area contributed by atoms with Crippen LogP contribution in [-0.2, 0) is 12.8 Å². The summed E-state index contributed by atoms with van der Waals surface area (Å²) in [4.78, 5) is 21.6. The second-order valence-corrected chi connectivity index (χ2v) is 7.51. The molecular weight excluding hydrogens is 358 g/mol. The number of imidazole rings is 1. The molecule has 8 heteroatoms. The van der Waals surface area contributed by atoms with Gasteiger partial charge in [0.05, 0.1) is 18.5 Å². The summed E-state index contributed by atoms with van der Waals surface area (Å²) in [6.07, 6.45) is 5.48. The zero-order chi connectivity index (χ0) is 19.1. The lowest BCUT2D eigenvalue weighted by Gasteiger charge is -2.18. The van der Waals surface area contributed by atoms with E-state index in [0.29, 0.717) is 25.7 Å². The number of aromatic amines is 1. The molecule has 2 aliphatic heterocycles. The van der Waals surface area contributed by atoms with Gasteiger partial charge in [0, 0.05) is 24.4 Å². The van der Waals surface area contributed by atoms with E-state index in [9.17, 15) is 4.79 Å². The summed E-state index contributed by atoms with van der Waals surface area (Å²) >= 11 is 0. The quantitative estimate of drug-likeness (QED) is 0.720. The highest BCUT2D eigenvalue weighted by atomic mass is 16.5. The van der Waals surface area contributed by atoms with Gasteiger partial charge >= 0.3 is 6.01 Å². The Kier molecular flexibility index (Phi) is 4.27. The number of likely N-dealkylation sites (N-methyl/N-ethyl adjacent to an activating group) is 1. The van der Waals surface area contributed by atoms with E-state index in [1.54, 1.807) is 10.7 Å². The van der Waals surface area contributed by atoms with Crippen molar-refractivity contribution >= 4 is 5.65 Å². The van der Waals surface area contributed by atoms with Gasteiger partial charge in [-0.3, -0.25) is 9.78 Å². The molecule has 0 amide bonds. The molecule has 1 saturated heterocycles. The number of nitrogens with one attached hydrogen (secondary N) is 1. The maximum Gasteiger partial charge on any atom is 0.314 e. The maximum absolute atomic E-state index is 12.4. The van der Waals surface area contributed by atoms with Crippen LogP contribution in [0.5, 0.6) is 11.8 Å². The third-order valence-electron chi connectivity index (χ3n) is 5.67. The lowest BCUT2D eigenvalue weighted by Crippen LogP contribution is -2.31. The molecule has 1 aromatic carbocycles. The van der Waals surface area contributed by atoms with Crippen molar-refractivity contribution in [2.75, 3.05) is 26.8 Å². The average molecular weight is 381 g/mol. The number of fused-ring (bicyclic) bond motifs is 2. The average Bonchev–Trinajstić information content (AvgIpc) is 3.41. The number of H-pyrrole nitrogens is 1. The fourth-order valence-corrected chi connectivity index (χ4v) is 4.08. The first-order valence-electron chi connectivity index (χ1n) is 9.72. The Bertz CT molecular complexity index is 1070. The van der Waals surface area contributed by atoms with Crippen LogP contribution in [0.25, 0.3) is 5.65 Å². The van der Waals surface area contributed by atoms with Crippen molar-refractivity contribution in [2.24, 2.45) is 0 Å². The number of rotatable bonds is 5. The lowest BCUT2D eigenvalue weighted by atomic mass is 10.0. The van der Waals surface area contributed by atoms with Crippen LogP contribution >= 0.6 is 0 Å². The molecule has 0 spiro atoms. The van der Waals surface area contributed by atoms with Crippen molar-refractivity contribution in [3.8, 4) is 11.8 Å². The Morgan fingerprint density at radius 2 is 2.32 bits per heavy atom. The van der Waals surface area contributed by atoms with E-state index in [1.165, 1.54) is 12.0 Å². The van der Waals surface area contributed by atoms with Crippen LogP contribution in [0.15, 0.2) is 29.2 Å². The Morgan fingerprint density at radius 3 is 3.18 bits per heavy atom. The summed E-state index contributed by atoms with van der Waals surface area (Å²) in [6, 6.07) is 6.76. The normalized spacial score (nSPS) is 19.1. The maximum atomic E-state index is 12.4. The molecule has 0 aliphatic carbocycles. The van der Waals surface area contributed by atoms with E-state index in [4.69, 9.17) is 9.47 Å². The molecule has 28 heavy (non-hydrogen) atoms. The molecule has 0 bridgehead atoms. The Balaban J connectivity index is 1.43. The predicted molar refractivity (Wildman–Crippen MR) is 103 cm³/mol. The molecular formula is C20H23N5O3. The minimum atomic E-state index is -0.300. The fraction of sp³-hybridized carbons (Fsp3) is 0.450. The smallest absolute Gasteiger partial charge is 0.314 e. The Morgan fingerprint density at radius 1 is 1.39 bits per heavy atom. The zero-order valence-corrected chi connectivity index (χ0v) is 15.9. The zero-order valence-electron chi connectivity index (χ0n) is 15.9. The number of para-hydroxylation sites is 1. The van der Waals surface area contributed by atoms with Gasteiger partial charge in [-0.05, 0) is 32.0 Å². The van der Waals surface area contributed by atoms with Crippen molar-refractivity contribution < 1.29 is 9.47 Å². The summed E-state index contributed by atoms with van der Waals surface area (Å²) in [5, 5.41) is 4.49. The van der Waals surface area contributed by atoms with Crippen molar-refractivity contribution in [1.29, 1.82) is 0 Å². The first-order valence-corrected chi connectivity index (χ1v) is 9.72. The molecule has 0 radical (unpaired) electrons. The van der Waals surface area contributed by atoms with Gasteiger partial charge in [0.1, 0.15) is 12.4 Å². The molecule has 3 aromatic rings. The number of nitrogens with zero attached hydrogens (tertiary/aromatic N) is 4. The molecule has 146 valence electrons. The molecule has 1 N–H and O–H groups in total. The highest BCUT2D eigenvalue weighted by molar-refractivity contribution is 5.46. The third kappa shape index (κ3) is 3.03. The van der Waals surface area contributed by atoms with Gasteiger partial charge in [0.25, 0.3) is 5.56 Å². The minimum absolute atomic E-state index is 0.228. The molecule has 0 saturated carbocycles. The standard InChI is InChI=1S/C20H23N5O3/c1-24-8-3-6-15(24)12-28-20-22-19(26)18-21-11-16(25(18)23-20)10-14-5-2-4-13-7-9-27-17(13)14/h2,4-5,11,15H,3,6-10,12H2,1H3,(H,22,23,26). The van der Waals surface area contributed by atoms with E-state index >= 15 is 0 Å². The highest BCUT2D eigenvalue weighted by Crippen LogP contribution is 2.31. The van der Waals surface area contributed by atoms with Crippen molar-refractivity contribution in [3.05, 3.63) is 51.6 Å². The first-order chi connectivity index (χ1) is 13.7. The lowest BCUT2D eigenvalue weighted by molar-refractivity contribution is 0.185. The second kappa shape index (κ2) is 6.94. The van der Waals surface area contributed by atoms with Gasteiger partial charge in [-0.15, -0.1) is 5.10 Å². The molecule has 5 rings (SSSR count). The number of aromatic nitrogens is 4. The topological polar surface area (TPSA) is 84.8 Å². The van der Waals surface area contributed by atoms with Gasteiger partial charge in [-0.1, -0.05) is 18.2 Å². The van der Waals surface area contributed by atoms with E-state index in [0.717, 1.165) is 36.4 Å². The molecule has 1 atom stereocenters. The van der Waals surface area contributed by atoms with Crippen LogP contribution in [0.3, 0.4) is 0 Å². The monoisotopic (exact) mass is 381 g/mol. The fourth-order valence-electron chi connectivity index (χ4n) is 4.08.